The molecule has 0 amide bonds. The molecule has 3 aromatic rings. The van der Waals surface area contributed by atoms with Crippen molar-refractivity contribution in [1.82, 2.24) is 29.5 Å². The SMILES string of the molecule is CCN(C)c1ccc(-c2ccnc(Nc3cccc(S(=O)(=O)N4CCN(CNC)CC4)c3)n2)cn1. The summed E-state index contributed by atoms with van der Waals surface area (Å²) in [7, 11) is 0.295. The second-order valence-corrected chi connectivity index (χ2v) is 10.3. The Morgan fingerprint density at radius 2 is 1.86 bits per heavy atom. The van der Waals surface area contributed by atoms with Crippen LogP contribution in [0.15, 0.2) is 59.8 Å². The van der Waals surface area contributed by atoms with Crippen molar-refractivity contribution in [2.75, 3.05) is 63.7 Å². The van der Waals surface area contributed by atoms with Gasteiger partial charge >= 0.3 is 0 Å². The van der Waals surface area contributed by atoms with Crippen molar-refractivity contribution in [2.24, 2.45) is 0 Å². The van der Waals surface area contributed by atoms with Crippen LogP contribution < -0.4 is 15.5 Å². The minimum atomic E-state index is -3.59. The first-order valence-corrected chi connectivity index (χ1v) is 13.1. The summed E-state index contributed by atoms with van der Waals surface area (Å²) in [5.74, 6) is 1.28. The second kappa shape index (κ2) is 11.1. The van der Waals surface area contributed by atoms with Crippen LogP contribution in [0.2, 0.25) is 0 Å². The first-order valence-electron chi connectivity index (χ1n) is 11.7. The van der Waals surface area contributed by atoms with Crippen LogP contribution in [0, 0.1) is 0 Å². The van der Waals surface area contributed by atoms with Gasteiger partial charge in [-0.15, -0.1) is 0 Å². The summed E-state index contributed by atoms with van der Waals surface area (Å²) in [5, 5.41) is 6.25. The first kappa shape index (κ1) is 25.0. The Hall–Kier alpha value is -3.12. The number of hydrogen-bond donors (Lipinski definition) is 2. The molecule has 3 heterocycles. The molecule has 1 fully saturated rings. The van der Waals surface area contributed by atoms with Gasteiger partial charge in [-0.05, 0) is 50.4 Å². The normalized spacial score (nSPS) is 15.2. The van der Waals surface area contributed by atoms with Gasteiger partial charge < -0.3 is 15.5 Å². The van der Waals surface area contributed by atoms with Gasteiger partial charge in [0.1, 0.15) is 5.82 Å². The number of sulfonamides is 1. The van der Waals surface area contributed by atoms with Crippen LogP contribution in [0.1, 0.15) is 6.92 Å². The summed E-state index contributed by atoms with van der Waals surface area (Å²) < 4.78 is 28.0. The molecule has 0 spiro atoms. The van der Waals surface area contributed by atoms with Crippen molar-refractivity contribution >= 4 is 27.5 Å². The number of piperazine rings is 1. The van der Waals surface area contributed by atoms with Gasteiger partial charge in [-0.25, -0.2) is 23.4 Å². The zero-order valence-electron chi connectivity index (χ0n) is 20.3. The van der Waals surface area contributed by atoms with E-state index in [0.29, 0.717) is 37.8 Å². The fourth-order valence-electron chi connectivity index (χ4n) is 3.87. The lowest BCUT2D eigenvalue weighted by atomic mass is 10.2. The third kappa shape index (κ3) is 5.93. The summed E-state index contributed by atoms with van der Waals surface area (Å²) in [5.41, 5.74) is 2.21. The maximum Gasteiger partial charge on any atom is 0.243 e. The third-order valence-electron chi connectivity index (χ3n) is 6.01. The molecule has 0 radical (unpaired) electrons. The Kier molecular flexibility index (Phi) is 7.91. The smallest absolute Gasteiger partial charge is 0.243 e. The minimum absolute atomic E-state index is 0.251. The van der Waals surface area contributed by atoms with Gasteiger partial charge in [0.15, 0.2) is 0 Å². The van der Waals surface area contributed by atoms with E-state index in [1.165, 1.54) is 0 Å². The van der Waals surface area contributed by atoms with Gasteiger partial charge in [-0.2, -0.15) is 4.31 Å². The molecule has 1 aromatic carbocycles. The van der Waals surface area contributed by atoms with Crippen LogP contribution in [0.3, 0.4) is 0 Å². The van der Waals surface area contributed by atoms with Gasteiger partial charge in [-0.3, -0.25) is 4.90 Å². The average molecular weight is 497 g/mol. The topological polar surface area (TPSA) is 107 Å². The molecular formula is C24H32N8O2S. The largest absolute Gasteiger partial charge is 0.360 e. The van der Waals surface area contributed by atoms with E-state index in [1.54, 1.807) is 41.0 Å². The highest BCUT2D eigenvalue weighted by atomic mass is 32.2. The zero-order valence-corrected chi connectivity index (χ0v) is 21.2. The predicted octanol–water partition coefficient (Wildman–Crippen LogP) is 2.22. The molecule has 2 N–H and O–H groups in total. The van der Waals surface area contributed by atoms with Crippen LogP contribution in [-0.2, 0) is 10.0 Å². The Balaban J connectivity index is 1.48. The van der Waals surface area contributed by atoms with Crippen LogP contribution >= 0.6 is 0 Å². The highest BCUT2D eigenvalue weighted by Crippen LogP contribution is 2.24. The van der Waals surface area contributed by atoms with E-state index in [2.05, 4.69) is 42.3 Å². The fraction of sp³-hybridized carbons (Fsp3) is 0.375. The Morgan fingerprint density at radius 3 is 2.54 bits per heavy atom. The van der Waals surface area contributed by atoms with Crippen molar-refractivity contribution < 1.29 is 8.42 Å². The first-order chi connectivity index (χ1) is 16.9. The summed E-state index contributed by atoms with van der Waals surface area (Å²) in [6, 6.07) is 12.5. The molecule has 186 valence electrons. The molecule has 0 atom stereocenters. The molecule has 11 heteroatoms. The summed E-state index contributed by atoms with van der Waals surface area (Å²) >= 11 is 0. The Morgan fingerprint density at radius 1 is 1.06 bits per heavy atom. The van der Waals surface area contributed by atoms with Gasteiger partial charge in [0.25, 0.3) is 0 Å². The molecular weight excluding hydrogens is 464 g/mol. The summed E-state index contributed by atoms with van der Waals surface area (Å²) in [6.07, 6.45) is 3.46. The van der Waals surface area contributed by atoms with E-state index in [0.717, 1.165) is 30.3 Å². The number of anilines is 3. The number of aromatic nitrogens is 3. The maximum absolute atomic E-state index is 13.2. The maximum atomic E-state index is 13.2. The molecule has 0 saturated carbocycles. The fourth-order valence-corrected chi connectivity index (χ4v) is 5.34. The quantitative estimate of drug-likeness (QED) is 0.461. The van der Waals surface area contributed by atoms with Crippen molar-refractivity contribution in [3.8, 4) is 11.3 Å². The van der Waals surface area contributed by atoms with Crippen molar-refractivity contribution in [2.45, 2.75) is 11.8 Å². The van der Waals surface area contributed by atoms with E-state index >= 15 is 0 Å². The standard InChI is InChI=1S/C24H32N8O2S/c1-4-30(3)23-9-8-19(17-27-23)22-10-11-26-24(29-22)28-20-6-5-7-21(16-20)35(33,34)32-14-12-31(13-15-32)18-25-2/h5-11,16-17,25H,4,12-15,18H2,1-3H3,(H,26,28,29). The monoisotopic (exact) mass is 496 g/mol. The highest BCUT2D eigenvalue weighted by Gasteiger charge is 2.28. The van der Waals surface area contributed by atoms with Gasteiger partial charge in [0, 0.05) is 70.1 Å². The van der Waals surface area contributed by atoms with Gasteiger partial charge in [0.05, 0.1) is 10.6 Å². The molecule has 2 aromatic heterocycles. The molecule has 0 bridgehead atoms. The van der Waals surface area contributed by atoms with E-state index in [1.807, 2.05) is 32.3 Å². The number of hydrogen-bond acceptors (Lipinski definition) is 9. The van der Waals surface area contributed by atoms with Crippen LogP contribution in [-0.4, -0.2) is 86.1 Å². The lowest BCUT2D eigenvalue weighted by Crippen LogP contribution is -2.50. The minimum Gasteiger partial charge on any atom is -0.360 e. The van der Waals surface area contributed by atoms with E-state index in [9.17, 15) is 8.42 Å². The number of nitrogens with zero attached hydrogens (tertiary/aromatic N) is 6. The van der Waals surface area contributed by atoms with Crippen molar-refractivity contribution in [3.63, 3.8) is 0 Å². The molecule has 10 nitrogen and oxygen atoms in total. The second-order valence-electron chi connectivity index (χ2n) is 8.37. The van der Waals surface area contributed by atoms with Crippen LogP contribution in [0.4, 0.5) is 17.5 Å². The molecule has 0 unspecified atom stereocenters. The lowest BCUT2D eigenvalue weighted by Gasteiger charge is -2.33. The molecule has 1 aliphatic rings. The molecule has 1 saturated heterocycles. The summed E-state index contributed by atoms with van der Waals surface area (Å²) in [6.45, 7) is 6.02. The molecule has 35 heavy (non-hydrogen) atoms. The molecule has 1 aliphatic heterocycles. The van der Waals surface area contributed by atoms with Crippen LogP contribution in [0.5, 0.6) is 0 Å². The predicted molar refractivity (Wildman–Crippen MR) is 138 cm³/mol. The number of rotatable bonds is 9. The number of benzene rings is 1. The third-order valence-corrected chi connectivity index (χ3v) is 7.90. The van der Waals surface area contributed by atoms with Crippen molar-refractivity contribution in [1.29, 1.82) is 0 Å². The average Bonchev–Trinajstić information content (AvgIpc) is 2.89. The summed E-state index contributed by atoms with van der Waals surface area (Å²) in [4.78, 5) is 17.9. The van der Waals surface area contributed by atoms with Crippen molar-refractivity contribution in [3.05, 3.63) is 54.9 Å². The van der Waals surface area contributed by atoms with E-state index in [4.69, 9.17) is 0 Å². The van der Waals surface area contributed by atoms with E-state index < -0.39 is 10.0 Å². The van der Waals surface area contributed by atoms with E-state index in [-0.39, 0.29) is 4.90 Å². The number of pyridine rings is 1. The van der Waals surface area contributed by atoms with Crippen LogP contribution in [0.25, 0.3) is 11.3 Å². The Bertz CT molecular complexity index is 1230. The molecule has 0 aliphatic carbocycles. The number of nitrogens with one attached hydrogen (secondary N) is 2. The zero-order chi connectivity index (χ0) is 24.8. The van der Waals surface area contributed by atoms with Gasteiger partial charge in [0.2, 0.25) is 16.0 Å². The Labute approximate surface area is 207 Å². The highest BCUT2D eigenvalue weighted by molar-refractivity contribution is 7.89. The lowest BCUT2D eigenvalue weighted by molar-refractivity contribution is 0.180. The van der Waals surface area contributed by atoms with Gasteiger partial charge in [-0.1, -0.05) is 6.07 Å². The molecule has 4 rings (SSSR count).